The standard InChI is InChI=1S/C16H24N2O.ClH/c1-12-10-16(2,3)18(11-12)15(19)9-8-13-6-4-5-7-14(13)17;/h4-7,12H,8-11,17H2,1-3H3;1H. The number of nitrogens with two attached hydrogens (primary N) is 1. The van der Waals surface area contributed by atoms with Gasteiger partial charge < -0.3 is 10.6 Å². The van der Waals surface area contributed by atoms with Gasteiger partial charge in [0.2, 0.25) is 5.91 Å². The number of carbonyl (C=O) groups excluding carboxylic acids is 1. The highest BCUT2D eigenvalue weighted by atomic mass is 35.5. The zero-order valence-corrected chi connectivity index (χ0v) is 13.4. The van der Waals surface area contributed by atoms with Crippen molar-refractivity contribution in [1.82, 2.24) is 4.90 Å². The van der Waals surface area contributed by atoms with E-state index in [2.05, 4.69) is 20.8 Å². The molecule has 0 radical (unpaired) electrons. The predicted molar refractivity (Wildman–Crippen MR) is 86.0 cm³/mol. The van der Waals surface area contributed by atoms with E-state index in [0.29, 0.717) is 12.3 Å². The molecule has 20 heavy (non-hydrogen) atoms. The van der Waals surface area contributed by atoms with Gasteiger partial charge in [0.05, 0.1) is 0 Å². The minimum atomic E-state index is -0.00126. The molecule has 1 fully saturated rings. The van der Waals surface area contributed by atoms with Gasteiger partial charge in [-0.05, 0) is 44.2 Å². The van der Waals surface area contributed by atoms with Crippen molar-refractivity contribution in [3.63, 3.8) is 0 Å². The molecule has 1 aromatic rings. The van der Waals surface area contributed by atoms with Crippen molar-refractivity contribution in [3.05, 3.63) is 29.8 Å². The number of hydrogen-bond acceptors (Lipinski definition) is 2. The lowest BCUT2D eigenvalue weighted by Gasteiger charge is -2.31. The number of amides is 1. The van der Waals surface area contributed by atoms with Gasteiger partial charge in [-0.25, -0.2) is 0 Å². The summed E-state index contributed by atoms with van der Waals surface area (Å²) in [4.78, 5) is 14.4. The lowest BCUT2D eigenvalue weighted by Crippen LogP contribution is -2.42. The third-order valence-corrected chi connectivity index (χ3v) is 4.04. The van der Waals surface area contributed by atoms with E-state index in [1.807, 2.05) is 29.2 Å². The van der Waals surface area contributed by atoms with E-state index in [0.717, 1.165) is 30.6 Å². The zero-order valence-electron chi connectivity index (χ0n) is 12.6. The molecule has 1 unspecified atom stereocenters. The Morgan fingerprint density at radius 2 is 2.05 bits per heavy atom. The van der Waals surface area contributed by atoms with Gasteiger partial charge in [-0.15, -0.1) is 12.4 Å². The normalized spacial score (nSPS) is 20.6. The molecule has 1 aliphatic rings. The minimum absolute atomic E-state index is 0. The summed E-state index contributed by atoms with van der Waals surface area (Å²) in [7, 11) is 0. The molecule has 2 N–H and O–H groups in total. The number of anilines is 1. The van der Waals surface area contributed by atoms with Crippen LogP contribution in [0.25, 0.3) is 0 Å². The number of likely N-dealkylation sites (tertiary alicyclic amines) is 1. The quantitative estimate of drug-likeness (QED) is 0.870. The number of rotatable bonds is 3. The Morgan fingerprint density at radius 1 is 1.40 bits per heavy atom. The van der Waals surface area contributed by atoms with E-state index in [9.17, 15) is 4.79 Å². The molecule has 0 bridgehead atoms. The Morgan fingerprint density at radius 3 is 2.60 bits per heavy atom. The summed E-state index contributed by atoms with van der Waals surface area (Å²) in [6.45, 7) is 7.41. The van der Waals surface area contributed by atoms with Crippen LogP contribution in [0.1, 0.15) is 39.2 Å². The molecule has 1 aliphatic heterocycles. The molecule has 1 amide bonds. The second kappa shape index (κ2) is 6.49. The van der Waals surface area contributed by atoms with Gasteiger partial charge in [-0.3, -0.25) is 4.79 Å². The first-order valence-electron chi connectivity index (χ1n) is 7.04. The number of nitrogen functional groups attached to an aromatic ring is 1. The van der Waals surface area contributed by atoms with Crippen LogP contribution in [-0.4, -0.2) is 22.9 Å². The van der Waals surface area contributed by atoms with Crippen LogP contribution in [0.2, 0.25) is 0 Å². The number of nitrogens with zero attached hydrogens (tertiary/aromatic N) is 1. The maximum atomic E-state index is 12.4. The third kappa shape index (κ3) is 3.66. The Hall–Kier alpha value is -1.22. The van der Waals surface area contributed by atoms with E-state index in [4.69, 9.17) is 5.73 Å². The number of benzene rings is 1. The predicted octanol–water partition coefficient (Wildman–Crippen LogP) is 3.27. The molecule has 2 rings (SSSR count). The maximum absolute atomic E-state index is 12.4. The highest BCUT2D eigenvalue weighted by Gasteiger charge is 2.38. The number of aryl methyl sites for hydroxylation is 1. The fourth-order valence-corrected chi connectivity index (χ4v) is 3.16. The van der Waals surface area contributed by atoms with Crippen molar-refractivity contribution in [3.8, 4) is 0 Å². The molecule has 3 nitrogen and oxygen atoms in total. The van der Waals surface area contributed by atoms with Gasteiger partial charge in [-0.2, -0.15) is 0 Å². The Kier molecular flexibility index (Phi) is 5.46. The average molecular weight is 297 g/mol. The number of hydrogen-bond donors (Lipinski definition) is 1. The first kappa shape index (κ1) is 16.8. The van der Waals surface area contributed by atoms with Crippen LogP contribution < -0.4 is 5.73 Å². The van der Waals surface area contributed by atoms with Gasteiger partial charge >= 0.3 is 0 Å². The topological polar surface area (TPSA) is 46.3 Å². The summed E-state index contributed by atoms with van der Waals surface area (Å²) >= 11 is 0. The highest BCUT2D eigenvalue weighted by Crippen LogP contribution is 2.32. The highest BCUT2D eigenvalue weighted by molar-refractivity contribution is 5.85. The Labute approximate surface area is 127 Å². The van der Waals surface area contributed by atoms with E-state index >= 15 is 0 Å². The molecule has 0 aliphatic carbocycles. The second-order valence-electron chi connectivity index (χ2n) is 6.32. The van der Waals surface area contributed by atoms with Crippen molar-refractivity contribution in [1.29, 1.82) is 0 Å². The van der Waals surface area contributed by atoms with Crippen LogP contribution in [-0.2, 0) is 11.2 Å². The van der Waals surface area contributed by atoms with Crippen molar-refractivity contribution >= 4 is 24.0 Å². The third-order valence-electron chi connectivity index (χ3n) is 4.04. The number of para-hydroxylation sites is 1. The molecule has 0 saturated carbocycles. The SMILES string of the molecule is CC1CN(C(=O)CCc2ccccc2N)C(C)(C)C1.Cl. The fraction of sp³-hybridized carbons (Fsp3) is 0.562. The lowest BCUT2D eigenvalue weighted by molar-refractivity contribution is -0.134. The van der Waals surface area contributed by atoms with Crippen LogP contribution in [0.4, 0.5) is 5.69 Å². The molecule has 1 aromatic carbocycles. The second-order valence-corrected chi connectivity index (χ2v) is 6.32. The van der Waals surface area contributed by atoms with E-state index < -0.39 is 0 Å². The number of carbonyl (C=O) groups is 1. The van der Waals surface area contributed by atoms with Crippen molar-refractivity contribution in [2.24, 2.45) is 5.92 Å². The molecule has 4 heteroatoms. The van der Waals surface area contributed by atoms with E-state index in [1.54, 1.807) is 0 Å². The van der Waals surface area contributed by atoms with E-state index in [-0.39, 0.29) is 23.9 Å². The Balaban J connectivity index is 0.00000200. The molecule has 1 saturated heterocycles. The summed E-state index contributed by atoms with van der Waals surface area (Å²) in [6.07, 6.45) is 2.36. The summed E-state index contributed by atoms with van der Waals surface area (Å²) in [5, 5.41) is 0. The fourth-order valence-electron chi connectivity index (χ4n) is 3.16. The first-order valence-corrected chi connectivity index (χ1v) is 7.04. The maximum Gasteiger partial charge on any atom is 0.223 e. The first-order chi connectivity index (χ1) is 8.90. The molecular weight excluding hydrogens is 272 g/mol. The van der Waals surface area contributed by atoms with Crippen molar-refractivity contribution in [2.45, 2.75) is 45.6 Å². The van der Waals surface area contributed by atoms with Gasteiger partial charge in [0, 0.05) is 24.2 Å². The largest absolute Gasteiger partial charge is 0.399 e. The van der Waals surface area contributed by atoms with Gasteiger partial charge in [0.25, 0.3) is 0 Å². The number of halogens is 1. The van der Waals surface area contributed by atoms with Crippen LogP contribution in [0, 0.1) is 5.92 Å². The van der Waals surface area contributed by atoms with Crippen LogP contribution >= 0.6 is 12.4 Å². The van der Waals surface area contributed by atoms with Gasteiger partial charge in [0.1, 0.15) is 0 Å². The molecule has 0 spiro atoms. The lowest BCUT2D eigenvalue weighted by atomic mass is 9.97. The van der Waals surface area contributed by atoms with Crippen molar-refractivity contribution < 1.29 is 4.79 Å². The summed E-state index contributed by atoms with van der Waals surface area (Å²) in [5.74, 6) is 0.846. The summed E-state index contributed by atoms with van der Waals surface area (Å²) < 4.78 is 0. The van der Waals surface area contributed by atoms with Crippen LogP contribution in [0.3, 0.4) is 0 Å². The molecular formula is C16H25ClN2O. The summed E-state index contributed by atoms with van der Waals surface area (Å²) in [6, 6.07) is 7.78. The molecule has 112 valence electrons. The Bertz CT molecular complexity index is 473. The smallest absolute Gasteiger partial charge is 0.223 e. The summed E-state index contributed by atoms with van der Waals surface area (Å²) in [5.41, 5.74) is 7.76. The zero-order chi connectivity index (χ0) is 14.0. The minimum Gasteiger partial charge on any atom is -0.399 e. The monoisotopic (exact) mass is 296 g/mol. The molecule has 1 atom stereocenters. The molecule has 0 aromatic heterocycles. The van der Waals surface area contributed by atoms with Crippen LogP contribution in [0.5, 0.6) is 0 Å². The van der Waals surface area contributed by atoms with Crippen molar-refractivity contribution in [2.75, 3.05) is 12.3 Å². The van der Waals surface area contributed by atoms with E-state index in [1.165, 1.54) is 0 Å². The van der Waals surface area contributed by atoms with Gasteiger partial charge in [-0.1, -0.05) is 25.1 Å². The van der Waals surface area contributed by atoms with Gasteiger partial charge in [0.15, 0.2) is 0 Å². The van der Waals surface area contributed by atoms with Crippen LogP contribution in [0.15, 0.2) is 24.3 Å². The molecule has 1 heterocycles. The average Bonchev–Trinajstić information content (AvgIpc) is 2.61.